The molecule has 0 aromatic carbocycles. The van der Waals surface area contributed by atoms with Gasteiger partial charge in [0.15, 0.2) is 6.10 Å². The van der Waals surface area contributed by atoms with Crippen LogP contribution in [0.2, 0.25) is 0 Å². The van der Waals surface area contributed by atoms with Crippen LogP contribution in [0.25, 0.3) is 0 Å². The van der Waals surface area contributed by atoms with Gasteiger partial charge in [0.25, 0.3) is 0 Å². The first-order valence-corrected chi connectivity index (χ1v) is 14.7. The molecule has 0 N–H and O–H groups in total. The molecule has 0 bridgehead atoms. The monoisotopic (exact) mass is 592 g/mol. The number of unbranched alkanes of at least 4 members (excludes halogenated alkanes) is 12. The van der Waals surface area contributed by atoms with Gasteiger partial charge in [-0.2, -0.15) is 0 Å². The Bertz CT molecular complexity index is 980. The van der Waals surface area contributed by atoms with Crippen molar-refractivity contribution in [1.29, 1.82) is 0 Å². The van der Waals surface area contributed by atoms with Crippen LogP contribution in [0.4, 0.5) is 0 Å². The Morgan fingerprint density at radius 1 is 0.725 bits per heavy atom. The minimum atomic E-state index is -5.30. The Labute approximate surface area is 285 Å². The number of carbonyl (C=O) groups excluding carboxylic acids is 2. The van der Waals surface area contributed by atoms with Gasteiger partial charge in [-0.1, -0.05) is 89.9 Å². The Morgan fingerprint density at radius 3 is 1.70 bits per heavy atom. The molecule has 40 heavy (non-hydrogen) atoms. The van der Waals surface area contributed by atoms with E-state index < -0.39 is 39.1 Å². The van der Waals surface area contributed by atoms with Crippen LogP contribution in [0.5, 0.6) is 0 Å². The first-order chi connectivity index (χ1) is 18.3. The van der Waals surface area contributed by atoms with E-state index in [4.69, 9.17) is 9.47 Å². The maximum Gasteiger partial charge on any atom is 1.00 e. The van der Waals surface area contributed by atoms with E-state index in [1.807, 2.05) is 0 Å². The van der Waals surface area contributed by atoms with Crippen molar-refractivity contribution in [2.24, 2.45) is 0 Å². The third-order valence-corrected chi connectivity index (χ3v) is 5.67. The van der Waals surface area contributed by atoms with Crippen molar-refractivity contribution in [3.8, 4) is 47.4 Å². The van der Waals surface area contributed by atoms with Crippen LogP contribution in [0.15, 0.2) is 0 Å². The fourth-order valence-electron chi connectivity index (χ4n) is 3.30. The molecule has 0 aliphatic rings. The fourth-order valence-corrected chi connectivity index (χ4v) is 3.65. The summed E-state index contributed by atoms with van der Waals surface area (Å²) < 4.78 is 24.9. The Kier molecular flexibility index (Phi) is 34.2. The third-order valence-electron chi connectivity index (χ3n) is 5.20. The summed E-state index contributed by atoms with van der Waals surface area (Å²) in [6.45, 7) is 2.56. The molecule has 1 atom stereocenters. The maximum absolute atomic E-state index is 12.1. The number of phosphoric acid groups is 1. The molecule has 0 aromatic heterocycles. The zero-order valence-electron chi connectivity index (χ0n) is 24.6. The first-order valence-electron chi connectivity index (χ1n) is 13.2. The number of hydrogen-bond acceptors (Lipinski definition) is 8. The van der Waals surface area contributed by atoms with E-state index in [2.05, 4.69) is 58.8 Å². The molecule has 0 aliphatic heterocycles. The van der Waals surface area contributed by atoms with Gasteiger partial charge in [-0.25, -0.2) is 4.79 Å². The zero-order valence-corrected chi connectivity index (χ0v) is 29.5. The van der Waals surface area contributed by atoms with Gasteiger partial charge in [0.05, 0.1) is 14.4 Å². The van der Waals surface area contributed by atoms with E-state index >= 15 is 0 Å². The van der Waals surface area contributed by atoms with Gasteiger partial charge in [0, 0.05) is 12.3 Å². The third kappa shape index (κ3) is 33.5. The second-order valence-electron chi connectivity index (χ2n) is 8.57. The largest absolute Gasteiger partial charge is 1.00 e. The molecule has 0 fully saturated rings. The van der Waals surface area contributed by atoms with Gasteiger partial charge in [-0.05, 0) is 48.9 Å². The topological polar surface area (TPSA) is 125 Å². The molecule has 0 unspecified atom stereocenters. The molecule has 8 nitrogen and oxygen atoms in total. The molecule has 0 saturated carbocycles. The van der Waals surface area contributed by atoms with Gasteiger partial charge >= 0.3 is 71.1 Å². The summed E-state index contributed by atoms with van der Waals surface area (Å²) in [7, 11) is -5.30. The van der Waals surface area contributed by atoms with Crippen molar-refractivity contribution in [3.63, 3.8) is 0 Å². The van der Waals surface area contributed by atoms with E-state index in [0.29, 0.717) is 6.42 Å². The zero-order chi connectivity index (χ0) is 28.3. The summed E-state index contributed by atoms with van der Waals surface area (Å²) >= 11 is 0. The van der Waals surface area contributed by atoms with Gasteiger partial charge in [0.1, 0.15) is 6.61 Å². The average Bonchev–Trinajstić information content (AvgIpc) is 2.87. The first kappa shape index (κ1) is 43.7. The maximum atomic E-state index is 12.1. The molecular formula is C29H39Na2O8P. The number of rotatable bonds is 20. The van der Waals surface area contributed by atoms with Gasteiger partial charge in [-0.15, -0.1) is 0 Å². The molecule has 0 radical (unpaired) electrons. The second-order valence-corrected chi connectivity index (χ2v) is 9.72. The molecule has 0 aliphatic carbocycles. The van der Waals surface area contributed by atoms with Gasteiger partial charge < -0.3 is 28.3 Å². The summed E-state index contributed by atoms with van der Waals surface area (Å²) in [5.74, 6) is 17.3. The predicted octanol–water partition coefficient (Wildman–Crippen LogP) is -2.19. The molecular weight excluding hydrogens is 553 g/mol. The van der Waals surface area contributed by atoms with Crippen LogP contribution < -0.4 is 68.9 Å². The quantitative estimate of drug-likeness (QED) is 0.0390. The standard InChI is InChI=1S/C29H41O8P.2Na/c1-3-5-7-9-11-12-13-14-15-16-18-20-22-24-29(31)37-27(26-36-38(32,33)34)25-35-28(30)23-21-19-17-10-8-6-4-2;;/h27H,3,5,7,9,11-16,18,20,22,24-26H2,1-2H3,(H2,32,33,34);;/q;2*+1/p-2/t27-;;/m1../s1. The van der Waals surface area contributed by atoms with Crippen molar-refractivity contribution < 1.29 is 97.1 Å². The fraction of sp³-hybridized carbons (Fsp3) is 0.655. The van der Waals surface area contributed by atoms with Crippen molar-refractivity contribution in [1.82, 2.24) is 0 Å². The Balaban J connectivity index is -0.00000684. The minimum absolute atomic E-state index is 0. The van der Waals surface area contributed by atoms with Crippen LogP contribution in [0.1, 0.15) is 104 Å². The van der Waals surface area contributed by atoms with Crippen LogP contribution >= 0.6 is 7.82 Å². The summed E-state index contributed by atoms with van der Waals surface area (Å²) in [5.41, 5.74) is 0. The number of phosphoric ester groups is 1. The predicted molar refractivity (Wildman–Crippen MR) is 141 cm³/mol. The SMILES string of the molecule is CC#CC#CC#CC#CC(=O)OC[C@H](COP(=O)([O-])[O-])OC(=O)CCCCCCCCCCCCCCC.[Na+].[Na+]. The molecule has 210 valence electrons. The average molecular weight is 593 g/mol. The second kappa shape index (κ2) is 31.2. The van der Waals surface area contributed by atoms with E-state index in [1.54, 1.807) is 6.92 Å². The summed E-state index contributed by atoms with van der Waals surface area (Å²) in [6.07, 6.45) is 14.1. The van der Waals surface area contributed by atoms with Crippen molar-refractivity contribution in [2.75, 3.05) is 13.2 Å². The normalized spacial score (nSPS) is 10.2. The van der Waals surface area contributed by atoms with Crippen LogP contribution in [-0.2, 0) is 28.2 Å². The molecule has 0 rings (SSSR count). The molecule has 0 saturated heterocycles. The summed E-state index contributed by atoms with van der Waals surface area (Å²) in [4.78, 5) is 45.4. The molecule has 0 heterocycles. The Morgan fingerprint density at radius 2 is 1.20 bits per heavy atom. The van der Waals surface area contributed by atoms with Crippen LogP contribution in [-0.4, -0.2) is 31.3 Å². The van der Waals surface area contributed by atoms with Gasteiger partial charge in [-0.3, -0.25) is 4.79 Å². The van der Waals surface area contributed by atoms with Crippen LogP contribution in [0.3, 0.4) is 0 Å². The molecule has 0 spiro atoms. The van der Waals surface area contributed by atoms with Crippen molar-refractivity contribution in [2.45, 2.75) is 110 Å². The van der Waals surface area contributed by atoms with E-state index in [9.17, 15) is 23.9 Å². The number of carbonyl (C=O) groups is 2. The van der Waals surface area contributed by atoms with Crippen molar-refractivity contribution >= 4 is 19.8 Å². The minimum Gasteiger partial charge on any atom is -0.790 e. The van der Waals surface area contributed by atoms with Gasteiger partial charge in [0.2, 0.25) is 0 Å². The smallest absolute Gasteiger partial charge is 0.790 e. The van der Waals surface area contributed by atoms with E-state index in [-0.39, 0.29) is 65.5 Å². The number of hydrogen-bond donors (Lipinski definition) is 0. The molecule has 0 amide bonds. The van der Waals surface area contributed by atoms with Crippen molar-refractivity contribution in [3.05, 3.63) is 0 Å². The van der Waals surface area contributed by atoms with E-state index in [1.165, 1.54) is 57.8 Å². The Hall–Kier alpha value is -0.710. The molecule has 11 heteroatoms. The van der Waals surface area contributed by atoms with E-state index in [0.717, 1.165) is 19.3 Å². The molecule has 0 aromatic rings. The summed E-state index contributed by atoms with van der Waals surface area (Å²) in [6, 6.07) is 0. The number of esters is 2. The number of ether oxygens (including phenoxy) is 2. The van der Waals surface area contributed by atoms with Crippen LogP contribution in [0, 0.1) is 47.4 Å². The summed E-state index contributed by atoms with van der Waals surface area (Å²) in [5, 5.41) is 0.